The zero-order valence-electron chi connectivity index (χ0n) is 19.3. The Morgan fingerprint density at radius 1 is 0.781 bits per heavy atom. The van der Waals surface area contributed by atoms with E-state index in [2.05, 4.69) is 80.3 Å². The summed E-state index contributed by atoms with van der Waals surface area (Å²) in [6.45, 7) is 10.2. The third-order valence-electron chi connectivity index (χ3n) is 5.79. The molecule has 0 aliphatic rings. The van der Waals surface area contributed by atoms with Crippen LogP contribution in [0.5, 0.6) is 5.75 Å². The molecule has 0 N–H and O–H groups in total. The summed E-state index contributed by atoms with van der Waals surface area (Å²) in [5.41, 5.74) is 6.62. The Hall–Kier alpha value is -3.35. The molecule has 0 amide bonds. The Morgan fingerprint density at radius 3 is 1.91 bits per heavy atom. The van der Waals surface area contributed by atoms with Crippen LogP contribution >= 0.6 is 0 Å². The molecule has 0 heterocycles. The van der Waals surface area contributed by atoms with Gasteiger partial charge in [-0.3, -0.25) is 0 Å². The lowest BCUT2D eigenvalue weighted by Crippen LogP contribution is -2.27. The number of likely N-dealkylation sites (N-methyl/N-ethyl adjacent to an activating group) is 1. The van der Waals surface area contributed by atoms with E-state index < -0.39 is 0 Å². The second-order valence-corrected chi connectivity index (χ2v) is 7.66. The quantitative estimate of drug-likeness (QED) is 0.342. The Balaban J connectivity index is 1.95. The summed E-state index contributed by atoms with van der Waals surface area (Å²) in [6.07, 6.45) is 0.904. The highest BCUT2D eigenvalue weighted by Gasteiger charge is 2.13. The van der Waals surface area contributed by atoms with Crippen LogP contribution in [0.25, 0.3) is 11.1 Å². The smallest absolute Gasteiger partial charge is 0.119 e. The molecule has 3 aromatic carbocycles. The lowest BCUT2D eigenvalue weighted by Gasteiger charge is -2.19. The summed E-state index contributed by atoms with van der Waals surface area (Å²) in [4.78, 5) is 2.35. The second kappa shape index (κ2) is 11.9. The number of ether oxygens (including phenoxy) is 1. The minimum atomic E-state index is 0.669. The third-order valence-corrected chi connectivity index (χ3v) is 5.79. The van der Waals surface area contributed by atoms with Gasteiger partial charge in [-0.15, -0.1) is 0 Å². The maximum atomic E-state index is 9.21. The molecule has 3 nitrogen and oxygen atoms in total. The van der Waals surface area contributed by atoms with Crippen molar-refractivity contribution in [1.82, 2.24) is 4.90 Å². The summed E-state index contributed by atoms with van der Waals surface area (Å²) in [6, 6.07) is 29.0. The number of nitriles is 1. The van der Waals surface area contributed by atoms with E-state index in [1.165, 1.54) is 16.7 Å². The van der Waals surface area contributed by atoms with Crippen molar-refractivity contribution in [3.05, 3.63) is 101 Å². The van der Waals surface area contributed by atoms with E-state index in [4.69, 9.17) is 4.74 Å². The van der Waals surface area contributed by atoms with Crippen LogP contribution in [-0.2, 0) is 0 Å². The maximum Gasteiger partial charge on any atom is 0.119 e. The Kier molecular flexibility index (Phi) is 8.66. The minimum Gasteiger partial charge on any atom is -0.492 e. The Morgan fingerprint density at radius 2 is 1.38 bits per heavy atom. The zero-order valence-corrected chi connectivity index (χ0v) is 19.3. The van der Waals surface area contributed by atoms with Gasteiger partial charge in [0.1, 0.15) is 12.4 Å². The molecule has 3 heteroatoms. The normalized spacial score (nSPS) is 11.7. The van der Waals surface area contributed by atoms with Crippen LogP contribution in [0.1, 0.15) is 49.4 Å². The molecule has 0 atom stereocenters. The molecule has 3 aromatic rings. The first kappa shape index (κ1) is 23.3. The van der Waals surface area contributed by atoms with Crippen molar-refractivity contribution in [2.24, 2.45) is 0 Å². The highest BCUT2D eigenvalue weighted by molar-refractivity contribution is 5.98. The van der Waals surface area contributed by atoms with Gasteiger partial charge in [-0.25, -0.2) is 0 Å². The van der Waals surface area contributed by atoms with Crippen LogP contribution in [0.2, 0.25) is 0 Å². The molecule has 0 saturated heterocycles. The highest BCUT2D eigenvalue weighted by Crippen LogP contribution is 2.35. The van der Waals surface area contributed by atoms with E-state index in [-0.39, 0.29) is 0 Å². The number of benzene rings is 3. The molecule has 0 aliphatic carbocycles. The SMILES string of the molecule is CC/C(=C(\c1ccc(C#N)cc1)c1ccc(OCCN(CC)CC)cc1)c1ccccc1. The topological polar surface area (TPSA) is 36.3 Å². The minimum absolute atomic E-state index is 0.669. The van der Waals surface area contributed by atoms with Gasteiger partial charge < -0.3 is 9.64 Å². The van der Waals surface area contributed by atoms with Gasteiger partial charge in [0, 0.05) is 6.54 Å². The lowest BCUT2D eigenvalue weighted by atomic mass is 9.88. The van der Waals surface area contributed by atoms with E-state index in [9.17, 15) is 5.26 Å². The molecular formula is C29H32N2O. The molecule has 0 unspecified atom stereocenters. The molecule has 0 aliphatic heterocycles. The number of rotatable bonds is 10. The predicted molar refractivity (Wildman–Crippen MR) is 134 cm³/mol. The number of hydrogen-bond donors (Lipinski definition) is 0. The maximum absolute atomic E-state index is 9.21. The molecule has 0 radical (unpaired) electrons. The van der Waals surface area contributed by atoms with Crippen LogP contribution in [0.3, 0.4) is 0 Å². The lowest BCUT2D eigenvalue weighted by molar-refractivity contribution is 0.223. The van der Waals surface area contributed by atoms with Crippen molar-refractivity contribution in [1.29, 1.82) is 5.26 Å². The van der Waals surface area contributed by atoms with E-state index in [1.807, 2.05) is 30.3 Å². The monoisotopic (exact) mass is 424 g/mol. The van der Waals surface area contributed by atoms with Gasteiger partial charge in [0.05, 0.1) is 11.6 Å². The first-order valence-corrected chi connectivity index (χ1v) is 11.4. The first-order valence-electron chi connectivity index (χ1n) is 11.4. The largest absolute Gasteiger partial charge is 0.492 e. The van der Waals surface area contributed by atoms with Crippen molar-refractivity contribution in [3.63, 3.8) is 0 Å². The van der Waals surface area contributed by atoms with Crippen LogP contribution in [-0.4, -0.2) is 31.1 Å². The first-order chi connectivity index (χ1) is 15.7. The van der Waals surface area contributed by atoms with Crippen LogP contribution in [0.4, 0.5) is 0 Å². The second-order valence-electron chi connectivity index (χ2n) is 7.66. The van der Waals surface area contributed by atoms with Gasteiger partial charge in [0.25, 0.3) is 0 Å². The molecule has 164 valence electrons. The van der Waals surface area contributed by atoms with Crippen LogP contribution in [0, 0.1) is 11.3 Å². The highest BCUT2D eigenvalue weighted by atomic mass is 16.5. The number of nitrogens with zero attached hydrogens (tertiary/aromatic N) is 2. The fourth-order valence-corrected chi connectivity index (χ4v) is 3.94. The average molecular weight is 425 g/mol. The summed E-state index contributed by atoms with van der Waals surface area (Å²) in [5, 5.41) is 9.21. The third kappa shape index (κ3) is 5.87. The van der Waals surface area contributed by atoms with Gasteiger partial charge in [-0.05, 0) is 71.6 Å². The van der Waals surface area contributed by atoms with Gasteiger partial charge in [-0.2, -0.15) is 5.26 Å². The van der Waals surface area contributed by atoms with Crippen molar-refractivity contribution < 1.29 is 4.74 Å². The predicted octanol–water partition coefficient (Wildman–Crippen LogP) is 6.65. The van der Waals surface area contributed by atoms with E-state index >= 15 is 0 Å². The molecule has 3 rings (SSSR count). The van der Waals surface area contributed by atoms with Crippen molar-refractivity contribution in [2.45, 2.75) is 27.2 Å². The number of allylic oxidation sites excluding steroid dienone is 1. The zero-order chi connectivity index (χ0) is 22.8. The standard InChI is InChI=1S/C29H32N2O/c1-4-28(24-10-8-7-9-11-24)29(25-14-12-23(22-30)13-15-25)26-16-18-27(19-17-26)32-21-20-31(5-2)6-3/h7-19H,4-6,20-21H2,1-3H3/b29-28-. The molecular weight excluding hydrogens is 392 g/mol. The van der Waals surface area contributed by atoms with Gasteiger partial charge >= 0.3 is 0 Å². The Bertz CT molecular complexity index is 1040. The number of hydrogen-bond acceptors (Lipinski definition) is 3. The van der Waals surface area contributed by atoms with Gasteiger partial charge in [0.15, 0.2) is 0 Å². The summed E-state index contributed by atoms with van der Waals surface area (Å²) in [5.74, 6) is 0.887. The van der Waals surface area contributed by atoms with Crippen LogP contribution in [0.15, 0.2) is 78.9 Å². The summed E-state index contributed by atoms with van der Waals surface area (Å²) < 4.78 is 5.99. The molecule has 0 spiro atoms. The fourth-order valence-electron chi connectivity index (χ4n) is 3.94. The van der Waals surface area contributed by atoms with E-state index in [1.54, 1.807) is 0 Å². The molecule has 0 aromatic heterocycles. The van der Waals surface area contributed by atoms with Crippen molar-refractivity contribution in [3.8, 4) is 11.8 Å². The fraction of sp³-hybridized carbons (Fsp3) is 0.276. The van der Waals surface area contributed by atoms with E-state index in [0.29, 0.717) is 12.2 Å². The Labute approximate surface area is 192 Å². The molecule has 0 saturated carbocycles. The van der Waals surface area contributed by atoms with Crippen LogP contribution < -0.4 is 4.74 Å². The van der Waals surface area contributed by atoms with Crippen molar-refractivity contribution in [2.75, 3.05) is 26.2 Å². The molecule has 0 bridgehead atoms. The summed E-state index contributed by atoms with van der Waals surface area (Å²) in [7, 11) is 0. The molecule has 32 heavy (non-hydrogen) atoms. The van der Waals surface area contributed by atoms with Gasteiger partial charge in [0.2, 0.25) is 0 Å². The van der Waals surface area contributed by atoms with Crippen molar-refractivity contribution >= 4 is 11.1 Å². The average Bonchev–Trinajstić information content (AvgIpc) is 2.86. The summed E-state index contributed by atoms with van der Waals surface area (Å²) >= 11 is 0. The van der Waals surface area contributed by atoms with Gasteiger partial charge in [-0.1, -0.05) is 75.4 Å². The van der Waals surface area contributed by atoms with E-state index in [0.717, 1.165) is 42.9 Å². The molecule has 0 fully saturated rings.